The molecule has 3 nitrogen and oxygen atoms in total. The van der Waals surface area contributed by atoms with Gasteiger partial charge >= 0.3 is 0 Å². The predicted octanol–water partition coefficient (Wildman–Crippen LogP) is 2.37. The molecule has 0 fully saturated rings. The lowest BCUT2D eigenvalue weighted by Gasteiger charge is -2.32. The molecule has 96 valence electrons. The molecular formula is C14H25N3. The molecule has 0 saturated heterocycles. The number of aryl methyl sites for hydroxylation is 1. The van der Waals surface area contributed by atoms with Crippen molar-refractivity contribution in [2.24, 2.45) is 11.7 Å². The fourth-order valence-corrected chi connectivity index (χ4v) is 2.24. The van der Waals surface area contributed by atoms with Crippen LogP contribution >= 0.6 is 0 Å². The number of rotatable bonds is 6. The minimum absolute atomic E-state index is 0.288. The quantitative estimate of drug-likeness (QED) is 0.823. The maximum absolute atomic E-state index is 5.96. The van der Waals surface area contributed by atoms with Crippen LogP contribution in [0.25, 0.3) is 0 Å². The lowest BCUT2D eigenvalue weighted by atomic mass is 10.0. The molecule has 1 heterocycles. The number of pyridine rings is 1. The summed E-state index contributed by atoms with van der Waals surface area (Å²) in [6, 6.07) is 2.34. The van der Waals surface area contributed by atoms with Crippen molar-refractivity contribution in [1.82, 2.24) is 9.88 Å². The molecule has 0 spiro atoms. The molecule has 1 aromatic heterocycles. The van der Waals surface area contributed by atoms with Crippen LogP contribution in [-0.4, -0.2) is 29.5 Å². The Bertz CT molecular complexity index is 336. The lowest BCUT2D eigenvalue weighted by molar-refractivity contribution is 0.188. The molecule has 1 unspecified atom stereocenters. The Morgan fingerprint density at radius 3 is 2.59 bits per heavy atom. The average molecular weight is 235 g/mol. The molecule has 0 radical (unpaired) electrons. The summed E-state index contributed by atoms with van der Waals surface area (Å²) in [7, 11) is 0. The van der Waals surface area contributed by atoms with E-state index in [-0.39, 0.29) is 6.04 Å². The summed E-state index contributed by atoms with van der Waals surface area (Å²) in [6.07, 6.45) is 3.79. The second kappa shape index (κ2) is 6.72. The summed E-state index contributed by atoms with van der Waals surface area (Å²) in [4.78, 5) is 6.67. The van der Waals surface area contributed by atoms with Crippen LogP contribution in [0.2, 0.25) is 0 Å². The van der Waals surface area contributed by atoms with Crippen LogP contribution in [0, 0.1) is 12.8 Å². The zero-order valence-electron chi connectivity index (χ0n) is 11.5. The first-order chi connectivity index (χ1) is 8.10. The molecule has 1 rings (SSSR count). The van der Waals surface area contributed by atoms with Gasteiger partial charge in [-0.1, -0.05) is 20.8 Å². The van der Waals surface area contributed by atoms with Gasteiger partial charge in [0.05, 0.1) is 0 Å². The normalized spacial score (nSPS) is 13.4. The maximum atomic E-state index is 5.96. The molecular weight excluding hydrogens is 210 g/mol. The highest BCUT2D eigenvalue weighted by molar-refractivity contribution is 5.25. The molecule has 0 aliphatic rings. The summed E-state index contributed by atoms with van der Waals surface area (Å²) in [5, 5.41) is 0. The molecule has 1 aromatic rings. The minimum atomic E-state index is 0.288. The van der Waals surface area contributed by atoms with Crippen molar-refractivity contribution in [2.45, 2.75) is 33.7 Å². The standard InChI is InChI=1S/C14H25N3/c1-5-17(10-11(2)3)14(8-15)13-9-16-7-6-12(13)4/h6-7,9,11,14H,5,8,10,15H2,1-4H3. The van der Waals surface area contributed by atoms with Crippen LogP contribution in [0.5, 0.6) is 0 Å². The highest BCUT2D eigenvalue weighted by atomic mass is 15.2. The number of aromatic nitrogens is 1. The summed E-state index contributed by atoms with van der Waals surface area (Å²) in [5.74, 6) is 0.654. The van der Waals surface area contributed by atoms with E-state index in [0.29, 0.717) is 12.5 Å². The topological polar surface area (TPSA) is 42.1 Å². The zero-order valence-corrected chi connectivity index (χ0v) is 11.5. The second-order valence-electron chi connectivity index (χ2n) is 4.97. The highest BCUT2D eigenvalue weighted by Crippen LogP contribution is 2.22. The maximum Gasteiger partial charge on any atom is 0.0488 e. The number of hydrogen-bond acceptors (Lipinski definition) is 3. The van der Waals surface area contributed by atoms with Crippen LogP contribution in [-0.2, 0) is 0 Å². The third kappa shape index (κ3) is 3.79. The Kier molecular flexibility index (Phi) is 5.59. The van der Waals surface area contributed by atoms with Crippen molar-refractivity contribution in [2.75, 3.05) is 19.6 Å². The Morgan fingerprint density at radius 2 is 2.12 bits per heavy atom. The largest absolute Gasteiger partial charge is 0.329 e. The molecule has 0 aromatic carbocycles. The summed E-state index contributed by atoms with van der Waals surface area (Å²) in [6.45, 7) is 11.5. The first kappa shape index (κ1) is 14.1. The third-order valence-electron chi connectivity index (χ3n) is 3.11. The van der Waals surface area contributed by atoms with E-state index in [1.165, 1.54) is 11.1 Å². The predicted molar refractivity (Wildman–Crippen MR) is 72.9 cm³/mol. The molecule has 2 N–H and O–H groups in total. The van der Waals surface area contributed by atoms with Gasteiger partial charge in [-0.25, -0.2) is 0 Å². The van der Waals surface area contributed by atoms with Crippen molar-refractivity contribution >= 4 is 0 Å². The van der Waals surface area contributed by atoms with Crippen LogP contribution in [0.3, 0.4) is 0 Å². The number of nitrogens with two attached hydrogens (primary N) is 1. The van der Waals surface area contributed by atoms with E-state index in [2.05, 4.69) is 43.6 Å². The number of nitrogens with zero attached hydrogens (tertiary/aromatic N) is 2. The van der Waals surface area contributed by atoms with E-state index in [9.17, 15) is 0 Å². The van der Waals surface area contributed by atoms with Gasteiger partial charge in [0.15, 0.2) is 0 Å². The van der Waals surface area contributed by atoms with E-state index < -0.39 is 0 Å². The van der Waals surface area contributed by atoms with Crippen molar-refractivity contribution in [1.29, 1.82) is 0 Å². The van der Waals surface area contributed by atoms with E-state index in [4.69, 9.17) is 5.73 Å². The Balaban J connectivity index is 2.93. The molecule has 3 heteroatoms. The fraction of sp³-hybridized carbons (Fsp3) is 0.643. The Hall–Kier alpha value is -0.930. The van der Waals surface area contributed by atoms with Crippen LogP contribution < -0.4 is 5.73 Å². The smallest absolute Gasteiger partial charge is 0.0488 e. The molecule has 0 aliphatic carbocycles. The van der Waals surface area contributed by atoms with E-state index >= 15 is 0 Å². The lowest BCUT2D eigenvalue weighted by Crippen LogP contribution is -2.36. The Morgan fingerprint density at radius 1 is 1.41 bits per heavy atom. The van der Waals surface area contributed by atoms with Crippen molar-refractivity contribution < 1.29 is 0 Å². The second-order valence-corrected chi connectivity index (χ2v) is 4.97. The number of likely N-dealkylation sites (N-methyl/N-ethyl adjacent to an activating group) is 1. The van der Waals surface area contributed by atoms with Gasteiger partial charge < -0.3 is 5.73 Å². The van der Waals surface area contributed by atoms with E-state index in [1.54, 1.807) is 0 Å². The highest BCUT2D eigenvalue weighted by Gasteiger charge is 2.20. The van der Waals surface area contributed by atoms with Crippen molar-refractivity contribution in [3.8, 4) is 0 Å². The molecule has 0 bridgehead atoms. The summed E-state index contributed by atoms with van der Waals surface area (Å²) in [5.41, 5.74) is 8.49. The molecule has 0 amide bonds. The molecule has 0 saturated carbocycles. The van der Waals surface area contributed by atoms with Gasteiger partial charge in [-0.3, -0.25) is 9.88 Å². The fourth-order valence-electron chi connectivity index (χ4n) is 2.24. The van der Waals surface area contributed by atoms with Gasteiger partial charge in [-0.05, 0) is 36.6 Å². The van der Waals surface area contributed by atoms with Gasteiger partial charge in [0.2, 0.25) is 0 Å². The minimum Gasteiger partial charge on any atom is -0.329 e. The monoisotopic (exact) mass is 235 g/mol. The Labute approximate surface area is 105 Å². The first-order valence-corrected chi connectivity index (χ1v) is 6.44. The molecule has 0 aliphatic heterocycles. The zero-order chi connectivity index (χ0) is 12.8. The van der Waals surface area contributed by atoms with Crippen LogP contribution in [0.4, 0.5) is 0 Å². The average Bonchev–Trinajstić information content (AvgIpc) is 2.30. The SMILES string of the molecule is CCN(CC(C)C)C(CN)c1cnccc1C. The molecule has 1 atom stereocenters. The van der Waals surface area contributed by atoms with Crippen LogP contribution in [0.1, 0.15) is 37.9 Å². The van der Waals surface area contributed by atoms with Crippen molar-refractivity contribution in [3.05, 3.63) is 29.6 Å². The summed E-state index contributed by atoms with van der Waals surface area (Å²) >= 11 is 0. The molecule has 17 heavy (non-hydrogen) atoms. The van der Waals surface area contributed by atoms with Gasteiger partial charge in [0.25, 0.3) is 0 Å². The van der Waals surface area contributed by atoms with E-state index in [0.717, 1.165) is 13.1 Å². The third-order valence-corrected chi connectivity index (χ3v) is 3.11. The van der Waals surface area contributed by atoms with Crippen LogP contribution in [0.15, 0.2) is 18.5 Å². The van der Waals surface area contributed by atoms with Gasteiger partial charge in [0.1, 0.15) is 0 Å². The van der Waals surface area contributed by atoms with Gasteiger partial charge in [-0.15, -0.1) is 0 Å². The van der Waals surface area contributed by atoms with Crippen molar-refractivity contribution in [3.63, 3.8) is 0 Å². The summed E-state index contributed by atoms with van der Waals surface area (Å²) < 4.78 is 0. The van der Waals surface area contributed by atoms with E-state index in [1.807, 2.05) is 12.4 Å². The van der Waals surface area contributed by atoms with Gasteiger partial charge in [0, 0.05) is 31.5 Å². The first-order valence-electron chi connectivity index (χ1n) is 6.44. The van der Waals surface area contributed by atoms with Gasteiger partial charge in [-0.2, -0.15) is 0 Å². The number of hydrogen-bond donors (Lipinski definition) is 1.